The van der Waals surface area contributed by atoms with Crippen molar-refractivity contribution >= 4 is 43.9 Å². The summed E-state index contributed by atoms with van der Waals surface area (Å²) >= 11 is 4.11. The Bertz CT molecular complexity index is 340. The zero-order valence-corrected chi connectivity index (χ0v) is 14.5. The molecule has 0 unspecified atom stereocenters. The van der Waals surface area contributed by atoms with E-state index in [2.05, 4.69) is 15.9 Å². The van der Waals surface area contributed by atoms with Crippen molar-refractivity contribution < 1.29 is 10.2 Å². The Balaban J connectivity index is 0.000000160. The Morgan fingerprint density at radius 1 is 0.750 bits per heavy atom. The van der Waals surface area contributed by atoms with Gasteiger partial charge in [0.05, 0.1) is 0 Å². The zero-order chi connectivity index (χ0) is 12.0. The van der Waals surface area contributed by atoms with Crippen LogP contribution in [0.2, 0.25) is 0 Å². The summed E-state index contributed by atoms with van der Waals surface area (Å²) in [4.78, 5) is 0. The SMILES string of the molecule is Oc1cc[c]([BiH2])cc1.Oc1ccc(Br)cc1. The smallest absolute Gasteiger partial charge is 0.115 e. The van der Waals surface area contributed by atoms with E-state index in [9.17, 15) is 0 Å². The summed E-state index contributed by atoms with van der Waals surface area (Å²) in [6.07, 6.45) is 0. The molecule has 0 amide bonds. The second kappa shape index (κ2) is 6.87. The van der Waals surface area contributed by atoms with Gasteiger partial charge in [0.15, 0.2) is 0 Å². The first-order valence-electron chi connectivity index (χ1n) is 4.57. The van der Waals surface area contributed by atoms with Crippen molar-refractivity contribution in [2.45, 2.75) is 0 Å². The van der Waals surface area contributed by atoms with Gasteiger partial charge in [0.1, 0.15) is 5.75 Å². The number of aromatic hydroxyl groups is 2. The molecule has 0 spiro atoms. The Labute approximate surface area is 118 Å². The van der Waals surface area contributed by atoms with Gasteiger partial charge in [-0.25, -0.2) is 0 Å². The largest absolute Gasteiger partial charge is 0.508 e. The van der Waals surface area contributed by atoms with E-state index >= 15 is 0 Å². The molecule has 0 aromatic heterocycles. The van der Waals surface area contributed by atoms with E-state index in [-0.39, 0.29) is 0 Å². The van der Waals surface area contributed by atoms with Gasteiger partial charge in [-0.2, -0.15) is 0 Å². The van der Waals surface area contributed by atoms with E-state index in [1.165, 1.54) is 3.27 Å². The predicted molar refractivity (Wildman–Crippen MR) is 72.1 cm³/mol. The standard InChI is InChI=1S/C6H5BrO.C6H5O.Bi.2H/c7-5-1-3-6(8)4-2-5;7-6-4-2-1-3-5-6;;;/h1-4,8H;2-5,7H;;;. The van der Waals surface area contributed by atoms with Crippen molar-refractivity contribution in [3.8, 4) is 11.5 Å². The maximum absolute atomic E-state index is 8.78. The third kappa shape index (κ3) is 5.48. The summed E-state index contributed by atoms with van der Waals surface area (Å²) in [5, 5.41) is 17.5. The first kappa shape index (κ1) is 13.5. The van der Waals surface area contributed by atoms with Crippen molar-refractivity contribution in [1.82, 2.24) is 0 Å². The molecule has 0 fully saturated rings. The van der Waals surface area contributed by atoms with Crippen LogP contribution < -0.4 is 3.27 Å². The van der Waals surface area contributed by atoms with Crippen molar-refractivity contribution in [3.63, 3.8) is 0 Å². The maximum atomic E-state index is 8.78. The molecule has 0 radical (unpaired) electrons. The molecule has 2 N–H and O–H groups in total. The predicted octanol–water partition coefficient (Wildman–Crippen LogP) is 1.81. The molecule has 0 aliphatic carbocycles. The van der Waals surface area contributed by atoms with Crippen LogP contribution in [0.5, 0.6) is 11.5 Å². The molecule has 2 rings (SSSR count). The fraction of sp³-hybridized carbons (Fsp3) is 0. The molecule has 0 heterocycles. The third-order valence-electron chi connectivity index (χ3n) is 1.72. The molecule has 16 heavy (non-hydrogen) atoms. The fourth-order valence-electron chi connectivity index (χ4n) is 0.915. The molecule has 0 saturated heterocycles. The van der Waals surface area contributed by atoms with E-state index in [4.69, 9.17) is 10.2 Å². The van der Waals surface area contributed by atoms with E-state index in [1.54, 1.807) is 36.4 Å². The van der Waals surface area contributed by atoms with Crippen LogP contribution in [-0.4, -0.2) is 34.9 Å². The molecule has 0 aliphatic rings. The number of phenols is 2. The van der Waals surface area contributed by atoms with Crippen LogP contribution >= 0.6 is 15.9 Å². The van der Waals surface area contributed by atoms with Gasteiger partial charge in [0.2, 0.25) is 0 Å². The summed E-state index contributed by atoms with van der Waals surface area (Å²) in [6, 6.07) is 14.2. The molecule has 84 valence electrons. The molecular weight excluding hydrogens is 465 g/mol. The summed E-state index contributed by atoms with van der Waals surface area (Å²) in [5.74, 6) is 0.655. The Morgan fingerprint density at radius 2 is 1.12 bits per heavy atom. The number of hydrogen-bond acceptors (Lipinski definition) is 2. The maximum Gasteiger partial charge on any atom is 0.115 e. The van der Waals surface area contributed by atoms with E-state index in [1.807, 2.05) is 12.1 Å². The number of halogens is 1. The van der Waals surface area contributed by atoms with Crippen molar-refractivity contribution in [1.29, 1.82) is 0 Å². The Hall–Kier alpha value is -0.597. The zero-order valence-electron chi connectivity index (χ0n) is 8.47. The molecular formula is C12H12BiBrO2. The number of hydrogen-bond donors (Lipinski definition) is 2. The van der Waals surface area contributed by atoms with Crippen LogP contribution in [0.3, 0.4) is 0 Å². The average Bonchev–Trinajstić information content (AvgIpc) is 2.28. The van der Waals surface area contributed by atoms with Gasteiger partial charge in [-0.1, -0.05) is 15.9 Å². The van der Waals surface area contributed by atoms with E-state index in [0.29, 0.717) is 11.5 Å². The van der Waals surface area contributed by atoms with Crippen LogP contribution in [-0.2, 0) is 0 Å². The number of rotatable bonds is 0. The van der Waals surface area contributed by atoms with Crippen LogP contribution in [0.15, 0.2) is 53.0 Å². The van der Waals surface area contributed by atoms with Gasteiger partial charge in [-0.15, -0.1) is 0 Å². The van der Waals surface area contributed by atoms with Gasteiger partial charge in [-0.05, 0) is 24.3 Å². The first-order chi connectivity index (χ1) is 7.58. The van der Waals surface area contributed by atoms with Gasteiger partial charge in [0, 0.05) is 4.47 Å². The molecule has 4 heteroatoms. The van der Waals surface area contributed by atoms with Crippen molar-refractivity contribution in [2.24, 2.45) is 0 Å². The molecule has 2 nitrogen and oxygen atoms in total. The minimum atomic E-state index is 0.299. The Morgan fingerprint density at radius 3 is 1.44 bits per heavy atom. The quantitative estimate of drug-likeness (QED) is 0.569. The molecule has 0 saturated carbocycles. The first-order valence-corrected chi connectivity index (χ1v) is 7.61. The Kier molecular flexibility index (Phi) is 5.79. The minimum absolute atomic E-state index is 0.299. The number of benzene rings is 2. The van der Waals surface area contributed by atoms with Gasteiger partial charge in [0.25, 0.3) is 0 Å². The molecule has 0 bridgehead atoms. The third-order valence-corrected chi connectivity index (χ3v) is 3.74. The van der Waals surface area contributed by atoms with Gasteiger partial charge < -0.3 is 5.11 Å². The summed E-state index contributed by atoms with van der Waals surface area (Å²) in [7, 11) is 0. The molecule has 2 aromatic carbocycles. The number of phenolic OH excluding ortho intramolecular Hbond substituents is 2. The van der Waals surface area contributed by atoms with Crippen molar-refractivity contribution in [3.05, 3.63) is 53.0 Å². The molecule has 2 aromatic rings. The van der Waals surface area contributed by atoms with Crippen molar-refractivity contribution in [2.75, 3.05) is 0 Å². The minimum Gasteiger partial charge on any atom is -0.508 e. The summed E-state index contributed by atoms with van der Waals surface area (Å²) < 4.78 is 2.32. The van der Waals surface area contributed by atoms with Crippen LogP contribution in [0.4, 0.5) is 0 Å². The average molecular weight is 477 g/mol. The summed E-state index contributed by atoms with van der Waals surface area (Å²) in [6.45, 7) is 0. The second-order valence-corrected chi connectivity index (χ2v) is 6.58. The molecule has 0 aliphatic heterocycles. The van der Waals surface area contributed by atoms with Gasteiger partial charge >= 0.3 is 63.1 Å². The fourth-order valence-corrected chi connectivity index (χ4v) is 1.93. The summed E-state index contributed by atoms with van der Waals surface area (Å²) in [5.41, 5.74) is 0. The van der Waals surface area contributed by atoms with Crippen LogP contribution in [0.1, 0.15) is 0 Å². The van der Waals surface area contributed by atoms with Crippen LogP contribution in [0, 0.1) is 0 Å². The van der Waals surface area contributed by atoms with Crippen LogP contribution in [0.25, 0.3) is 0 Å². The van der Waals surface area contributed by atoms with E-state index < -0.39 is 0 Å². The monoisotopic (exact) mass is 476 g/mol. The van der Waals surface area contributed by atoms with Gasteiger partial charge in [-0.3, -0.25) is 0 Å². The normalized spacial score (nSPS) is 9.12. The topological polar surface area (TPSA) is 40.5 Å². The van der Waals surface area contributed by atoms with E-state index in [0.717, 1.165) is 29.2 Å². The molecule has 0 atom stereocenters. The second-order valence-electron chi connectivity index (χ2n) is 3.07.